The van der Waals surface area contributed by atoms with Crippen molar-refractivity contribution in [1.29, 1.82) is 0 Å². The average Bonchev–Trinajstić information content (AvgIpc) is 3.07. The lowest BCUT2D eigenvalue weighted by atomic mass is 9.91. The molecule has 154 valence electrons. The molecular weight excluding hydrogens is 382 g/mol. The van der Waals surface area contributed by atoms with Crippen molar-refractivity contribution < 1.29 is 9.59 Å². The summed E-state index contributed by atoms with van der Waals surface area (Å²) in [5, 5.41) is 3.83. The number of carbonyl (C=O) groups excluding carboxylic acids is 2. The zero-order valence-corrected chi connectivity index (χ0v) is 18.1. The Kier molecular flexibility index (Phi) is 6.13. The van der Waals surface area contributed by atoms with Crippen molar-refractivity contribution >= 4 is 28.0 Å². The van der Waals surface area contributed by atoms with Gasteiger partial charge in [-0.3, -0.25) is 14.5 Å². The van der Waals surface area contributed by atoms with Crippen molar-refractivity contribution in [2.75, 3.05) is 45.1 Å². The SMILES string of the molecule is Cc1ccc(C(=O)c2c(NC(=O)CN3CCN(C)CC3)sc3c2CCCC3)cc1. The molecule has 2 aromatic rings. The topological polar surface area (TPSA) is 52.7 Å². The van der Waals surface area contributed by atoms with Gasteiger partial charge in [-0.1, -0.05) is 29.8 Å². The van der Waals surface area contributed by atoms with Crippen LogP contribution in [0.25, 0.3) is 0 Å². The molecule has 2 heterocycles. The number of ketones is 1. The van der Waals surface area contributed by atoms with Crippen LogP contribution in [0, 0.1) is 6.92 Å². The molecule has 29 heavy (non-hydrogen) atoms. The zero-order chi connectivity index (χ0) is 20.4. The van der Waals surface area contributed by atoms with E-state index in [1.165, 1.54) is 4.88 Å². The minimum Gasteiger partial charge on any atom is -0.316 e. The van der Waals surface area contributed by atoms with E-state index in [1.807, 2.05) is 31.2 Å². The highest BCUT2D eigenvalue weighted by Crippen LogP contribution is 2.39. The summed E-state index contributed by atoms with van der Waals surface area (Å²) in [4.78, 5) is 31.8. The normalized spacial score (nSPS) is 17.7. The van der Waals surface area contributed by atoms with E-state index in [0.717, 1.165) is 73.6 Å². The molecule has 0 bridgehead atoms. The lowest BCUT2D eigenvalue weighted by Crippen LogP contribution is -2.47. The lowest BCUT2D eigenvalue weighted by Gasteiger charge is -2.31. The number of thiophene rings is 1. The molecular formula is C23H29N3O2S. The van der Waals surface area contributed by atoms with Crippen LogP contribution in [0.2, 0.25) is 0 Å². The fourth-order valence-corrected chi connectivity index (χ4v) is 5.42. The first-order valence-corrected chi connectivity index (χ1v) is 11.3. The molecule has 1 N–H and O–H groups in total. The van der Waals surface area contributed by atoms with Gasteiger partial charge < -0.3 is 10.2 Å². The average molecular weight is 412 g/mol. The Morgan fingerprint density at radius 2 is 1.72 bits per heavy atom. The Hall–Kier alpha value is -2.02. The van der Waals surface area contributed by atoms with Crippen LogP contribution in [0.3, 0.4) is 0 Å². The molecule has 0 atom stereocenters. The first-order chi connectivity index (χ1) is 14.0. The molecule has 1 saturated heterocycles. The Morgan fingerprint density at radius 3 is 2.45 bits per heavy atom. The predicted octanol–water partition coefficient (Wildman–Crippen LogP) is 3.35. The van der Waals surface area contributed by atoms with E-state index in [4.69, 9.17) is 0 Å². The highest BCUT2D eigenvalue weighted by molar-refractivity contribution is 7.17. The van der Waals surface area contributed by atoms with E-state index >= 15 is 0 Å². The molecule has 5 nitrogen and oxygen atoms in total. The molecule has 0 unspecified atom stereocenters. The lowest BCUT2D eigenvalue weighted by molar-refractivity contribution is -0.117. The maximum atomic E-state index is 13.4. The Balaban J connectivity index is 1.56. The van der Waals surface area contributed by atoms with Crippen LogP contribution < -0.4 is 5.32 Å². The van der Waals surface area contributed by atoms with Crippen molar-refractivity contribution in [1.82, 2.24) is 9.80 Å². The van der Waals surface area contributed by atoms with Gasteiger partial charge >= 0.3 is 0 Å². The standard InChI is InChI=1S/C23H29N3O2S/c1-16-7-9-17(10-8-16)22(28)21-18-5-3-4-6-19(18)29-23(21)24-20(27)15-26-13-11-25(2)12-14-26/h7-10H,3-6,11-15H2,1-2H3,(H,24,27). The van der Waals surface area contributed by atoms with Gasteiger partial charge in [-0.15, -0.1) is 11.3 Å². The Bertz CT molecular complexity index is 896. The molecule has 1 aliphatic carbocycles. The number of piperazine rings is 1. The quantitative estimate of drug-likeness (QED) is 0.767. The second-order valence-electron chi connectivity index (χ2n) is 8.24. The van der Waals surface area contributed by atoms with Gasteiger partial charge in [-0.25, -0.2) is 0 Å². The van der Waals surface area contributed by atoms with Gasteiger partial charge in [-0.05, 0) is 45.2 Å². The molecule has 1 fully saturated rings. The van der Waals surface area contributed by atoms with Crippen LogP contribution in [0.15, 0.2) is 24.3 Å². The number of carbonyl (C=O) groups is 2. The highest BCUT2D eigenvalue weighted by Gasteiger charge is 2.27. The van der Waals surface area contributed by atoms with Crippen molar-refractivity contribution in [3.8, 4) is 0 Å². The largest absolute Gasteiger partial charge is 0.316 e. The number of aryl methyl sites for hydroxylation is 2. The summed E-state index contributed by atoms with van der Waals surface area (Å²) in [5.74, 6) is 0.00500. The van der Waals surface area contributed by atoms with E-state index in [1.54, 1.807) is 11.3 Å². The molecule has 4 rings (SSSR count). The second kappa shape index (κ2) is 8.78. The Morgan fingerprint density at radius 1 is 1.03 bits per heavy atom. The smallest absolute Gasteiger partial charge is 0.239 e. The van der Waals surface area contributed by atoms with Gasteiger partial charge in [0, 0.05) is 36.6 Å². The second-order valence-corrected chi connectivity index (χ2v) is 9.34. The molecule has 1 aromatic carbocycles. The van der Waals surface area contributed by atoms with Crippen LogP contribution in [-0.4, -0.2) is 61.3 Å². The van der Waals surface area contributed by atoms with Gasteiger partial charge in [0.25, 0.3) is 0 Å². The number of likely N-dealkylation sites (N-methyl/N-ethyl adjacent to an activating group) is 1. The van der Waals surface area contributed by atoms with Gasteiger partial charge in [0.2, 0.25) is 5.91 Å². The molecule has 0 radical (unpaired) electrons. The molecule has 6 heteroatoms. The van der Waals surface area contributed by atoms with E-state index in [2.05, 4.69) is 22.2 Å². The summed E-state index contributed by atoms with van der Waals surface area (Å²) in [6.07, 6.45) is 4.18. The Labute approximate surface area is 176 Å². The summed E-state index contributed by atoms with van der Waals surface area (Å²) in [6, 6.07) is 7.72. The molecule has 1 amide bonds. The van der Waals surface area contributed by atoms with Crippen LogP contribution >= 0.6 is 11.3 Å². The van der Waals surface area contributed by atoms with Crippen LogP contribution in [-0.2, 0) is 17.6 Å². The summed E-state index contributed by atoms with van der Waals surface area (Å²) >= 11 is 1.60. The summed E-state index contributed by atoms with van der Waals surface area (Å²) in [5.41, 5.74) is 3.70. The molecule has 0 spiro atoms. The predicted molar refractivity (Wildman–Crippen MR) is 118 cm³/mol. The first-order valence-electron chi connectivity index (χ1n) is 10.5. The number of fused-ring (bicyclic) bond motifs is 1. The van der Waals surface area contributed by atoms with Crippen molar-refractivity contribution in [2.45, 2.75) is 32.6 Å². The number of amides is 1. The number of nitrogens with zero attached hydrogens (tertiary/aromatic N) is 2. The van der Waals surface area contributed by atoms with Crippen LogP contribution in [0.1, 0.15) is 44.8 Å². The van der Waals surface area contributed by atoms with Crippen molar-refractivity contribution in [3.05, 3.63) is 51.4 Å². The van der Waals surface area contributed by atoms with E-state index < -0.39 is 0 Å². The highest BCUT2D eigenvalue weighted by atomic mass is 32.1. The fraction of sp³-hybridized carbons (Fsp3) is 0.478. The van der Waals surface area contributed by atoms with Gasteiger partial charge in [0.15, 0.2) is 5.78 Å². The molecule has 0 saturated carbocycles. The summed E-state index contributed by atoms with van der Waals surface area (Å²) < 4.78 is 0. The molecule has 1 aliphatic heterocycles. The third-order valence-corrected chi connectivity index (χ3v) is 7.14. The van der Waals surface area contributed by atoms with Crippen molar-refractivity contribution in [3.63, 3.8) is 0 Å². The van der Waals surface area contributed by atoms with E-state index in [-0.39, 0.29) is 11.7 Å². The first kappa shape index (κ1) is 20.3. The summed E-state index contributed by atoms with van der Waals surface area (Å²) in [7, 11) is 2.11. The minimum absolute atomic E-state index is 0.0221. The number of rotatable bonds is 5. The number of nitrogens with one attached hydrogen (secondary N) is 1. The third-order valence-electron chi connectivity index (χ3n) is 5.93. The molecule has 2 aliphatic rings. The van der Waals surface area contributed by atoms with Crippen LogP contribution in [0.4, 0.5) is 5.00 Å². The molecule has 1 aromatic heterocycles. The number of anilines is 1. The van der Waals surface area contributed by atoms with E-state index in [0.29, 0.717) is 12.1 Å². The zero-order valence-electron chi connectivity index (χ0n) is 17.3. The summed E-state index contributed by atoms with van der Waals surface area (Å²) in [6.45, 7) is 6.18. The van der Waals surface area contributed by atoms with E-state index in [9.17, 15) is 9.59 Å². The third kappa shape index (κ3) is 4.60. The monoisotopic (exact) mass is 411 g/mol. The van der Waals surface area contributed by atoms with Gasteiger partial charge in [0.1, 0.15) is 5.00 Å². The fourth-order valence-electron chi connectivity index (χ4n) is 4.12. The maximum Gasteiger partial charge on any atom is 0.239 e. The van der Waals surface area contributed by atoms with Gasteiger partial charge in [0.05, 0.1) is 12.1 Å². The number of hydrogen-bond acceptors (Lipinski definition) is 5. The number of hydrogen-bond donors (Lipinski definition) is 1. The van der Waals surface area contributed by atoms with Gasteiger partial charge in [-0.2, -0.15) is 0 Å². The van der Waals surface area contributed by atoms with Crippen LogP contribution in [0.5, 0.6) is 0 Å². The number of benzene rings is 1. The maximum absolute atomic E-state index is 13.4. The minimum atomic E-state index is -0.0221. The van der Waals surface area contributed by atoms with Crippen molar-refractivity contribution in [2.24, 2.45) is 0 Å².